The SMILES string of the molecule is O=C(O)Cc1ccc(S(=O)(=O)Cc2ccc(Cl)s2)cc1. The topological polar surface area (TPSA) is 71.4 Å². The number of hydrogen-bond acceptors (Lipinski definition) is 4. The second-order valence-corrected chi connectivity index (χ2v) is 7.97. The Balaban J connectivity index is 2.19. The Morgan fingerprint density at radius 3 is 2.30 bits per heavy atom. The van der Waals surface area contributed by atoms with E-state index in [1.807, 2.05) is 0 Å². The first-order valence-electron chi connectivity index (χ1n) is 5.64. The smallest absolute Gasteiger partial charge is 0.307 e. The van der Waals surface area contributed by atoms with Gasteiger partial charge in [-0.05, 0) is 29.8 Å². The van der Waals surface area contributed by atoms with Crippen molar-refractivity contribution in [3.63, 3.8) is 0 Å². The molecule has 0 aliphatic carbocycles. The number of benzene rings is 1. The molecule has 0 atom stereocenters. The molecule has 1 N–H and O–H groups in total. The van der Waals surface area contributed by atoms with Gasteiger partial charge in [-0.3, -0.25) is 4.79 Å². The van der Waals surface area contributed by atoms with Crippen molar-refractivity contribution in [3.05, 3.63) is 51.2 Å². The average molecular weight is 331 g/mol. The quantitative estimate of drug-likeness (QED) is 0.914. The van der Waals surface area contributed by atoms with Gasteiger partial charge >= 0.3 is 5.97 Å². The van der Waals surface area contributed by atoms with E-state index < -0.39 is 15.8 Å². The van der Waals surface area contributed by atoms with E-state index in [-0.39, 0.29) is 17.1 Å². The molecule has 106 valence electrons. The minimum absolute atomic E-state index is 0.108. The molecule has 1 aromatic carbocycles. The molecule has 1 aromatic heterocycles. The second kappa shape index (κ2) is 5.95. The van der Waals surface area contributed by atoms with Crippen LogP contribution in [0.2, 0.25) is 4.34 Å². The van der Waals surface area contributed by atoms with E-state index >= 15 is 0 Å². The first-order valence-corrected chi connectivity index (χ1v) is 8.49. The van der Waals surface area contributed by atoms with Crippen molar-refractivity contribution >= 4 is 38.7 Å². The number of carbonyl (C=O) groups is 1. The predicted molar refractivity (Wildman–Crippen MR) is 78.0 cm³/mol. The van der Waals surface area contributed by atoms with Crippen molar-refractivity contribution in [1.82, 2.24) is 0 Å². The van der Waals surface area contributed by atoms with Crippen LogP contribution in [0.15, 0.2) is 41.3 Å². The maximum atomic E-state index is 12.2. The standard InChI is InChI=1S/C13H11ClO4S2/c14-12-6-3-10(19-12)8-20(17,18)11-4-1-9(2-5-11)7-13(15)16/h1-6H,7-8H2,(H,15,16). The minimum atomic E-state index is -3.44. The van der Waals surface area contributed by atoms with E-state index in [0.717, 1.165) is 0 Å². The minimum Gasteiger partial charge on any atom is -0.481 e. The molecule has 7 heteroatoms. The highest BCUT2D eigenvalue weighted by atomic mass is 35.5. The predicted octanol–water partition coefficient (Wildman–Crippen LogP) is 3.00. The van der Waals surface area contributed by atoms with Crippen LogP contribution in [0, 0.1) is 0 Å². The fourth-order valence-corrected chi connectivity index (χ4v) is 4.46. The summed E-state index contributed by atoms with van der Waals surface area (Å²) in [6.45, 7) is 0. The van der Waals surface area contributed by atoms with Gasteiger partial charge < -0.3 is 5.11 Å². The number of thiophene rings is 1. The van der Waals surface area contributed by atoms with Crippen molar-refractivity contribution in [2.24, 2.45) is 0 Å². The van der Waals surface area contributed by atoms with Gasteiger partial charge in [-0.2, -0.15) is 0 Å². The van der Waals surface area contributed by atoms with Crippen LogP contribution in [0.4, 0.5) is 0 Å². The summed E-state index contributed by atoms with van der Waals surface area (Å²) in [5, 5.41) is 8.66. The highest BCUT2D eigenvalue weighted by Crippen LogP contribution is 2.25. The van der Waals surface area contributed by atoms with Gasteiger partial charge in [0.1, 0.15) is 0 Å². The summed E-state index contributed by atoms with van der Waals surface area (Å²) >= 11 is 7.00. The van der Waals surface area contributed by atoms with Gasteiger partial charge in [-0.1, -0.05) is 23.7 Å². The monoisotopic (exact) mass is 330 g/mol. The first kappa shape index (κ1) is 15.0. The molecule has 0 bridgehead atoms. The van der Waals surface area contributed by atoms with E-state index in [4.69, 9.17) is 16.7 Å². The van der Waals surface area contributed by atoms with Crippen molar-refractivity contribution in [1.29, 1.82) is 0 Å². The molecule has 0 saturated carbocycles. The van der Waals surface area contributed by atoms with Gasteiger partial charge in [0.2, 0.25) is 0 Å². The first-order chi connectivity index (χ1) is 9.37. The summed E-state index contributed by atoms with van der Waals surface area (Å²) in [7, 11) is -3.44. The molecule has 0 radical (unpaired) electrons. The molecule has 2 rings (SSSR count). The largest absolute Gasteiger partial charge is 0.481 e. The molecule has 0 amide bonds. The van der Waals surface area contributed by atoms with E-state index in [9.17, 15) is 13.2 Å². The number of rotatable bonds is 5. The molecule has 2 aromatic rings. The highest BCUT2D eigenvalue weighted by molar-refractivity contribution is 7.90. The normalized spacial score (nSPS) is 11.4. The van der Waals surface area contributed by atoms with Gasteiger partial charge in [0.25, 0.3) is 0 Å². The lowest BCUT2D eigenvalue weighted by Gasteiger charge is -2.04. The Kier molecular flexibility index (Phi) is 4.47. The highest BCUT2D eigenvalue weighted by Gasteiger charge is 2.16. The fourth-order valence-electron chi connectivity index (χ4n) is 1.69. The Bertz CT molecular complexity index is 717. The molecule has 20 heavy (non-hydrogen) atoms. The van der Waals surface area contributed by atoms with Crippen molar-refractivity contribution in [2.75, 3.05) is 0 Å². The molecule has 0 saturated heterocycles. The van der Waals surface area contributed by atoms with Crippen LogP contribution < -0.4 is 0 Å². The van der Waals surface area contributed by atoms with Crippen LogP contribution in [0.1, 0.15) is 10.4 Å². The third-order valence-electron chi connectivity index (χ3n) is 2.60. The fraction of sp³-hybridized carbons (Fsp3) is 0.154. The summed E-state index contributed by atoms with van der Waals surface area (Å²) in [6, 6.07) is 9.24. The number of carboxylic acids is 1. The molecule has 1 heterocycles. The van der Waals surface area contributed by atoms with Crippen molar-refractivity contribution in [2.45, 2.75) is 17.1 Å². The molecule has 0 aliphatic rings. The van der Waals surface area contributed by atoms with Crippen LogP contribution in [-0.2, 0) is 26.8 Å². The van der Waals surface area contributed by atoms with Crippen molar-refractivity contribution in [3.8, 4) is 0 Å². The van der Waals surface area contributed by atoms with Gasteiger partial charge in [0, 0.05) is 4.88 Å². The number of sulfone groups is 1. The van der Waals surface area contributed by atoms with Crippen molar-refractivity contribution < 1.29 is 18.3 Å². The Labute approximate surface area is 125 Å². The van der Waals surface area contributed by atoms with E-state index in [0.29, 0.717) is 14.8 Å². The summed E-state index contributed by atoms with van der Waals surface area (Å²) in [5.41, 5.74) is 0.565. The number of hydrogen-bond donors (Lipinski definition) is 1. The molecule has 4 nitrogen and oxygen atoms in total. The summed E-state index contributed by atoms with van der Waals surface area (Å²) < 4.78 is 24.9. The second-order valence-electron chi connectivity index (χ2n) is 4.18. The summed E-state index contributed by atoms with van der Waals surface area (Å²) in [6.07, 6.45) is -0.124. The Morgan fingerprint density at radius 1 is 1.15 bits per heavy atom. The molecule has 0 aliphatic heterocycles. The number of halogens is 1. The molecular weight excluding hydrogens is 320 g/mol. The van der Waals surface area contributed by atoms with Crippen LogP contribution in [0.5, 0.6) is 0 Å². The summed E-state index contributed by atoms with van der Waals surface area (Å²) in [4.78, 5) is 11.4. The lowest BCUT2D eigenvalue weighted by molar-refractivity contribution is -0.136. The van der Waals surface area contributed by atoms with Gasteiger partial charge in [-0.15, -0.1) is 11.3 Å². The van der Waals surface area contributed by atoms with E-state index in [2.05, 4.69) is 0 Å². The third-order valence-corrected chi connectivity index (χ3v) is 5.69. The van der Waals surface area contributed by atoms with Crippen LogP contribution in [0.25, 0.3) is 0 Å². The maximum absolute atomic E-state index is 12.2. The van der Waals surface area contributed by atoms with Crippen LogP contribution in [0.3, 0.4) is 0 Å². The Morgan fingerprint density at radius 2 is 1.80 bits per heavy atom. The van der Waals surface area contributed by atoms with Gasteiger partial charge in [-0.25, -0.2) is 8.42 Å². The molecule has 0 spiro atoms. The van der Waals surface area contributed by atoms with Crippen LogP contribution in [-0.4, -0.2) is 19.5 Å². The average Bonchev–Trinajstić information content (AvgIpc) is 2.74. The zero-order valence-electron chi connectivity index (χ0n) is 10.2. The van der Waals surface area contributed by atoms with Gasteiger partial charge in [0.15, 0.2) is 9.84 Å². The lowest BCUT2D eigenvalue weighted by Crippen LogP contribution is -2.05. The molecule has 0 unspecified atom stereocenters. The lowest BCUT2D eigenvalue weighted by atomic mass is 10.2. The number of carboxylic acid groups (broad SMARTS) is 1. The molecular formula is C13H11ClO4S2. The zero-order valence-corrected chi connectivity index (χ0v) is 12.6. The third kappa shape index (κ3) is 3.82. The summed E-state index contributed by atoms with van der Waals surface area (Å²) in [5.74, 6) is -1.06. The Hall–Kier alpha value is -1.37. The van der Waals surface area contributed by atoms with E-state index in [1.54, 1.807) is 12.1 Å². The number of aliphatic carboxylic acids is 1. The zero-order chi connectivity index (χ0) is 14.8. The van der Waals surface area contributed by atoms with Gasteiger partial charge in [0.05, 0.1) is 21.4 Å². The maximum Gasteiger partial charge on any atom is 0.307 e. The van der Waals surface area contributed by atoms with Crippen LogP contribution >= 0.6 is 22.9 Å². The molecule has 0 fully saturated rings. The van der Waals surface area contributed by atoms with E-state index in [1.165, 1.54) is 35.6 Å².